The Bertz CT molecular complexity index is 837. The first-order valence-corrected chi connectivity index (χ1v) is 9.33. The van der Waals surface area contributed by atoms with Gasteiger partial charge in [-0.25, -0.2) is 10.4 Å². The minimum absolute atomic E-state index is 0.0202. The number of rotatable bonds is 4. The largest absolute Gasteiger partial charge is 0.277 e. The highest BCUT2D eigenvalue weighted by Gasteiger charge is 2.27. The van der Waals surface area contributed by atoms with Gasteiger partial charge in [0, 0.05) is 18.2 Å². The van der Waals surface area contributed by atoms with Gasteiger partial charge in [-0.05, 0) is 50.2 Å². The lowest BCUT2D eigenvalue weighted by atomic mass is 9.76. The summed E-state index contributed by atoms with van der Waals surface area (Å²) in [4.78, 5) is 17.3. The third kappa shape index (κ3) is 3.60. The van der Waals surface area contributed by atoms with Crippen molar-refractivity contribution in [2.75, 3.05) is 5.43 Å². The molecule has 1 aromatic heterocycles. The molecular formula is C20H28N4O. The van der Waals surface area contributed by atoms with Gasteiger partial charge in [0.2, 0.25) is 5.95 Å². The van der Waals surface area contributed by atoms with Crippen LogP contribution in [0.15, 0.2) is 34.2 Å². The molecule has 0 amide bonds. The van der Waals surface area contributed by atoms with Gasteiger partial charge in [0.15, 0.2) is 0 Å². The molecule has 1 aliphatic rings. The molecule has 1 fully saturated rings. The number of hydrogen-bond donors (Lipinski definition) is 1. The second-order valence-electron chi connectivity index (χ2n) is 7.45. The van der Waals surface area contributed by atoms with E-state index in [-0.39, 0.29) is 5.56 Å². The lowest BCUT2D eigenvalue weighted by Gasteiger charge is -2.30. The zero-order valence-corrected chi connectivity index (χ0v) is 15.6. The van der Waals surface area contributed by atoms with Gasteiger partial charge in [0.1, 0.15) is 0 Å². The van der Waals surface area contributed by atoms with E-state index in [4.69, 9.17) is 5.10 Å². The topological polar surface area (TPSA) is 59.3 Å². The molecule has 2 aromatic rings. The van der Waals surface area contributed by atoms with Crippen LogP contribution in [0.4, 0.5) is 5.95 Å². The lowest BCUT2D eigenvalue weighted by molar-refractivity contribution is 0.364. The molecular weight excluding hydrogens is 312 g/mol. The van der Waals surface area contributed by atoms with Gasteiger partial charge in [-0.15, -0.1) is 0 Å². The number of aromatic nitrogens is 2. The van der Waals surface area contributed by atoms with Gasteiger partial charge >= 0.3 is 0 Å². The van der Waals surface area contributed by atoms with E-state index in [1.165, 1.54) is 18.6 Å². The van der Waals surface area contributed by atoms with Crippen LogP contribution < -0.4 is 11.0 Å². The van der Waals surface area contributed by atoms with E-state index in [1.807, 2.05) is 31.2 Å². The first-order valence-electron chi connectivity index (χ1n) is 9.33. The van der Waals surface area contributed by atoms with Crippen molar-refractivity contribution in [2.24, 2.45) is 22.9 Å². The Morgan fingerprint density at radius 2 is 2.08 bits per heavy atom. The van der Waals surface area contributed by atoms with Crippen LogP contribution in [0.2, 0.25) is 0 Å². The second-order valence-corrected chi connectivity index (χ2v) is 7.45. The molecule has 0 unspecified atom stereocenters. The van der Waals surface area contributed by atoms with Crippen molar-refractivity contribution in [2.45, 2.75) is 53.5 Å². The molecule has 1 aliphatic carbocycles. The van der Waals surface area contributed by atoms with Gasteiger partial charge in [-0.3, -0.25) is 9.36 Å². The highest BCUT2D eigenvalue weighted by molar-refractivity contribution is 5.88. The van der Waals surface area contributed by atoms with Gasteiger partial charge in [-0.1, -0.05) is 32.9 Å². The second kappa shape index (κ2) is 7.38. The molecule has 1 heterocycles. The Labute approximate surface area is 149 Å². The van der Waals surface area contributed by atoms with E-state index < -0.39 is 0 Å². The van der Waals surface area contributed by atoms with E-state index in [0.717, 1.165) is 6.42 Å². The highest BCUT2D eigenvalue weighted by atomic mass is 16.1. The van der Waals surface area contributed by atoms with E-state index in [9.17, 15) is 4.79 Å². The summed E-state index contributed by atoms with van der Waals surface area (Å²) in [6, 6.07) is 7.46. The maximum atomic E-state index is 12.7. The summed E-state index contributed by atoms with van der Waals surface area (Å²) < 4.78 is 1.66. The van der Waals surface area contributed by atoms with Crippen molar-refractivity contribution in [3.8, 4) is 0 Å². The van der Waals surface area contributed by atoms with Crippen molar-refractivity contribution < 1.29 is 0 Å². The summed E-state index contributed by atoms with van der Waals surface area (Å²) in [5.41, 5.74) is 5.01. The Kier molecular flexibility index (Phi) is 5.21. The molecule has 25 heavy (non-hydrogen) atoms. The number of fused-ring (bicyclic) bond motifs is 1. The van der Waals surface area contributed by atoms with Crippen molar-refractivity contribution in [1.29, 1.82) is 0 Å². The molecule has 1 N–H and O–H groups in total. The molecule has 1 saturated carbocycles. The van der Waals surface area contributed by atoms with Crippen molar-refractivity contribution in [3.63, 3.8) is 0 Å². The van der Waals surface area contributed by atoms with Gasteiger partial charge in [0.25, 0.3) is 5.56 Å². The number of nitrogens with zero attached hydrogens (tertiary/aromatic N) is 3. The predicted octanol–water partition coefficient (Wildman–Crippen LogP) is 4.28. The number of anilines is 1. The molecule has 5 nitrogen and oxygen atoms in total. The molecule has 0 aliphatic heterocycles. The van der Waals surface area contributed by atoms with Crippen LogP contribution in [0.3, 0.4) is 0 Å². The van der Waals surface area contributed by atoms with E-state index >= 15 is 0 Å². The molecule has 0 saturated heterocycles. The summed E-state index contributed by atoms with van der Waals surface area (Å²) in [5, 5.41) is 5.35. The van der Waals surface area contributed by atoms with Crippen molar-refractivity contribution in [1.82, 2.24) is 9.55 Å². The van der Waals surface area contributed by atoms with Crippen molar-refractivity contribution >= 4 is 22.6 Å². The monoisotopic (exact) mass is 340 g/mol. The molecule has 5 heteroatoms. The van der Waals surface area contributed by atoms with Crippen LogP contribution in [-0.4, -0.2) is 15.3 Å². The molecule has 0 bridgehead atoms. The van der Waals surface area contributed by atoms with Gasteiger partial charge in [-0.2, -0.15) is 5.10 Å². The molecule has 0 radical (unpaired) electrons. The third-order valence-electron chi connectivity index (χ3n) is 5.24. The quantitative estimate of drug-likeness (QED) is 0.845. The SMILES string of the molecule is CCn1c(N/N=C2/C[C@@H](C)CC[C@H]2C(C)C)nc2ccccc2c1=O. The van der Waals surface area contributed by atoms with E-state index in [2.05, 4.69) is 31.2 Å². The normalized spacial score (nSPS) is 22.7. The van der Waals surface area contributed by atoms with Crippen LogP contribution in [-0.2, 0) is 6.54 Å². The first-order chi connectivity index (χ1) is 12.0. The summed E-state index contributed by atoms with van der Waals surface area (Å²) in [6.07, 6.45) is 3.46. The third-order valence-corrected chi connectivity index (χ3v) is 5.24. The maximum absolute atomic E-state index is 12.7. The van der Waals surface area contributed by atoms with E-state index in [1.54, 1.807) is 4.57 Å². The minimum atomic E-state index is -0.0202. The first kappa shape index (κ1) is 17.6. The van der Waals surface area contributed by atoms with Crippen LogP contribution in [0.25, 0.3) is 10.9 Å². The number of para-hydroxylation sites is 1. The van der Waals surface area contributed by atoms with Crippen LogP contribution >= 0.6 is 0 Å². The molecule has 1 aromatic carbocycles. The maximum Gasteiger partial charge on any atom is 0.262 e. The smallest absolute Gasteiger partial charge is 0.262 e. The molecule has 3 rings (SSSR count). The minimum Gasteiger partial charge on any atom is -0.277 e. The zero-order valence-electron chi connectivity index (χ0n) is 15.6. The fraction of sp³-hybridized carbons (Fsp3) is 0.550. The standard InChI is InChI=1S/C20H28N4O/c1-5-24-19(25)16-8-6-7-9-17(16)21-20(24)23-22-18-12-14(4)10-11-15(18)13(2)3/h6-9,13-15H,5,10-12H2,1-4H3,(H,21,23)/b22-18-/t14-,15-/m0/s1. The Hall–Kier alpha value is -2.17. The number of hydrazone groups is 1. The summed E-state index contributed by atoms with van der Waals surface area (Å²) in [5.74, 6) is 2.27. The van der Waals surface area contributed by atoms with Crippen LogP contribution in [0, 0.1) is 17.8 Å². The fourth-order valence-corrected chi connectivity index (χ4v) is 3.76. The average molecular weight is 340 g/mol. The average Bonchev–Trinajstić information content (AvgIpc) is 2.60. The number of nitrogens with one attached hydrogen (secondary N) is 1. The van der Waals surface area contributed by atoms with Gasteiger partial charge < -0.3 is 0 Å². The van der Waals surface area contributed by atoms with Crippen LogP contribution in [0.1, 0.15) is 47.0 Å². The summed E-state index contributed by atoms with van der Waals surface area (Å²) in [7, 11) is 0. The lowest BCUT2D eigenvalue weighted by Crippen LogP contribution is -2.29. The molecule has 0 spiro atoms. The Morgan fingerprint density at radius 1 is 1.32 bits per heavy atom. The molecule has 134 valence electrons. The Morgan fingerprint density at radius 3 is 2.80 bits per heavy atom. The van der Waals surface area contributed by atoms with E-state index in [0.29, 0.717) is 41.1 Å². The zero-order chi connectivity index (χ0) is 18.0. The summed E-state index contributed by atoms with van der Waals surface area (Å²) >= 11 is 0. The highest BCUT2D eigenvalue weighted by Crippen LogP contribution is 2.31. The van der Waals surface area contributed by atoms with Gasteiger partial charge in [0.05, 0.1) is 10.9 Å². The number of hydrogen-bond acceptors (Lipinski definition) is 4. The number of benzene rings is 1. The molecule has 2 atom stereocenters. The van der Waals surface area contributed by atoms with Crippen LogP contribution in [0.5, 0.6) is 0 Å². The van der Waals surface area contributed by atoms with Crippen molar-refractivity contribution in [3.05, 3.63) is 34.6 Å². The predicted molar refractivity (Wildman–Crippen MR) is 104 cm³/mol. The Balaban J connectivity index is 1.98. The summed E-state index contributed by atoms with van der Waals surface area (Å²) in [6.45, 7) is 9.31. The fourth-order valence-electron chi connectivity index (χ4n) is 3.76.